The number of sulfonamides is 1. The van der Waals surface area contributed by atoms with E-state index in [9.17, 15) is 12.8 Å². The predicted octanol–water partition coefficient (Wildman–Crippen LogP) is 0.454. The van der Waals surface area contributed by atoms with Crippen LogP contribution >= 0.6 is 0 Å². The van der Waals surface area contributed by atoms with Crippen LogP contribution < -0.4 is 10.5 Å². The lowest BCUT2D eigenvalue weighted by Gasteiger charge is -2.10. The SMILES string of the molecule is Cn1ncc(C(N)=NO)c1NS(=O)(=O)c1ccc(F)cc1. The molecular weight excluding hydrogens is 301 g/mol. The second-order valence-electron chi connectivity index (χ2n) is 4.08. The summed E-state index contributed by atoms with van der Waals surface area (Å²) in [7, 11) is -2.47. The third-order valence-electron chi connectivity index (χ3n) is 2.68. The molecule has 1 heterocycles. The van der Waals surface area contributed by atoms with Gasteiger partial charge in [0.1, 0.15) is 11.6 Å². The third-order valence-corrected chi connectivity index (χ3v) is 4.03. The molecule has 2 rings (SSSR count). The highest BCUT2D eigenvalue weighted by molar-refractivity contribution is 7.92. The molecule has 0 fully saturated rings. The maximum absolute atomic E-state index is 12.8. The standard InChI is InChI=1S/C11H12FN5O3S/c1-17-11(9(6-14-17)10(13)15-18)16-21(19,20)8-4-2-7(12)3-5-8/h2-6,16,18H,1H3,(H2,13,15). The highest BCUT2D eigenvalue weighted by atomic mass is 32.2. The fourth-order valence-corrected chi connectivity index (χ4v) is 2.71. The molecule has 2 aromatic rings. The normalized spacial score (nSPS) is 12.4. The lowest BCUT2D eigenvalue weighted by Crippen LogP contribution is -2.20. The molecule has 0 atom stereocenters. The number of halogens is 1. The van der Waals surface area contributed by atoms with Gasteiger partial charge >= 0.3 is 0 Å². The number of hydrogen-bond acceptors (Lipinski definition) is 5. The first-order valence-electron chi connectivity index (χ1n) is 5.63. The van der Waals surface area contributed by atoms with Crippen molar-refractivity contribution >= 4 is 21.7 Å². The fourth-order valence-electron chi connectivity index (χ4n) is 1.60. The zero-order valence-electron chi connectivity index (χ0n) is 10.9. The third kappa shape index (κ3) is 2.94. The molecule has 0 aliphatic carbocycles. The van der Waals surface area contributed by atoms with E-state index in [1.165, 1.54) is 17.9 Å². The average molecular weight is 313 g/mol. The minimum absolute atomic E-state index is 0.0228. The van der Waals surface area contributed by atoms with Crippen molar-refractivity contribution in [1.82, 2.24) is 9.78 Å². The van der Waals surface area contributed by atoms with Crippen LogP contribution in [0.3, 0.4) is 0 Å². The Kier molecular flexibility index (Phi) is 3.80. The molecule has 0 amide bonds. The first kappa shape index (κ1) is 14.8. The molecule has 0 spiro atoms. The molecule has 0 unspecified atom stereocenters. The molecule has 1 aromatic heterocycles. The molecule has 0 saturated carbocycles. The van der Waals surface area contributed by atoms with Crippen LogP contribution in [0, 0.1) is 5.82 Å². The van der Waals surface area contributed by atoms with E-state index in [4.69, 9.17) is 10.9 Å². The Labute approximate surface area is 119 Å². The Hall–Kier alpha value is -2.62. The molecule has 1 aromatic carbocycles. The van der Waals surface area contributed by atoms with Crippen LogP contribution in [0.2, 0.25) is 0 Å². The van der Waals surface area contributed by atoms with E-state index < -0.39 is 15.8 Å². The molecule has 4 N–H and O–H groups in total. The van der Waals surface area contributed by atoms with Crippen molar-refractivity contribution in [2.75, 3.05) is 4.72 Å². The summed E-state index contributed by atoms with van der Waals surface area (Å²) in [4.78, 5) is -0.129. The number of benzene rings is 1. The summed E-state index contributed by atoms with van der Waals surface area (Å²) in [5.41, 5.74) is 5.56. The summed E-state index contributed by atoms with van der Waals surface area (Å²) < 4.78 is 40.7. The van der Waals surface area contributed by atoms with E-state index in [-0.39, 0.29) is 22.1 Å². The number of hydrogen-bond donors (Lipinski definition) is 3. The number of nitrogens with one attached hydrogen (secondary N) is 1. The van der Waals surface area contributed by atoms with Crippen molar-refractivity contribution < 1.29 is 18.0 Å². The smallest absolute Gasteiger partial charge is 0.263 e. The monoisotopic (exact) mass is 313 g/mol. The molecule has 0 saturated heterocycles. The van der Waals surface area contributed by atoms with Crippen LogP contribution in [0.1, 0.15) is 5.56 Å². The van der Waals surface area contributed by atoms with Gasteiger partial charge in [-0.25, -0.2) is 12.8 Å². The first-order valence-corrected chi connectivity index (χ1v) is 7.12. The molecule has 112 valence electrons. The highest BCUT2D eigenvalue weighted by Gasteiger charge is 2.20. The van der Waals surface area contributed by atoms with Crippen LogP contribution in [0.5, 0.6) is 0 Å². The summed E-state index contributed by atoms with van der Waals surface area (Å²) in [6.07, 6.45) is 1.25. The van der Waals surface area contributed by atoms with E-state index in [1.54, 1.807) is 0 Å². The lowest BCUT2D eigenvalue weighted by atomic mass is 10.3. The molecule has 21 heavy (non-hydrogen) atoms. The fraction of sp³-hybridized carbons (Fsp3) is 0.0909. The van der Waals surface area contributed by atoms with Gasteiger partial charge in [0.15, 0.2) is 5.84 Å². The number of nitrogens with two attached hydrogens (primary N) is 1. The Morgan fingerprint density at radius 2 is 2.05 bits per heavy atom. The van der Waals surface area contributed by atoms with Gasteiger partial charge < -0.3 is 10.9 Å². The number of aryl methyl sites for hydroxylation is 1. The Morgan fingerprint density at radius 3 is 2.62 bits per heavy atom. The summed E-state index contributed by atoms with van der Waals surface area (Å²) in [6, 6.07) is 4.30. The summed E-state index contributed by atoms with van der Waals surface area (Å²) in [6.45, 7) is 0. The number of aromatic nitrogens is 2. The zero-order valence-corrected chi connectivity index (χ0v) is 11.7. The van der Waals surface area contributed by atoms with Gasteiger partial charge in [0.2, 0.25) is 0 Å². The van der Waals surface area contributed by atoms with E-state index in [1.807, 2.05) is 0 Å². The van der Waals surface area contributed by atoms with Gasteiger partial charge in [-0.15, -0.1) is 0 Å². The topological polar surface area (TPSA) is 123 Å². The quantitative estimate of drug-likeness (QED) is 0.327. The molecule has 0 bridgehead atoms. The molecular formula is C11H12FN5O3S. The molecule has 0 aliphatic heterocycles. The van der Waals surface area contributed by atoms with Crippen molar-refractivity contribution in [3.8, 4) is 0 Å². The number of anilines is 1. The maximum Gasteiger partial charge on any atom is 0.263 e. The lowest BCUT2D eigenvalue weighted by molar-refractivity contribution is 0.318. The number of oxime groups is 1. The second kappa shape index (κ2) is 5.40. The van der Waals surface area contributed by atoms with Crippen LogP contribution in [-0.4, -0.2) is 29.2 Å². The molecule has 0 radical (unpaired) electrons. The van der Waals surface area contributed by atoms with Crippen molar-refractivity contribution in [2.24, 2.45) is 17.9 Å². The predicted molar refractivity (Wildman–Crippen MR) is 72.9 cm³/mol. The van der Waals surface area contributed by atoms with Crippen molar-refractivity contribution in [3.05, 3.63) is 41.8 Å². The Morgan fingerprint density at radius 1 is 1.43 bits per heavy atom. The molecule has 0 aliphatic rings. The summed E-state index contributed by atoms with van der Waals surface area (Å²) in [5, 5.41) is 15.3. The number of rotatable bonds is 4. The Bertz CT molecular complexity index is 783. The summed E-state index contributed by atoms with van der Waals surface area (Å²) >= 11 is 0. The molecule has 8 nitrogen and oxygen atoms in total. The van der Waals surface area contributed by atoms with Gasteiger partial charge in [0.05, 0.1) is 16.7 Å². The van der Waals surface area contributed by atoms with Crippen molar-refractivity contribution in [2.45, 2.75) is 4.90 Å². The zero-order chi connectivity index (χ0) is 15.6. The second-order valence-corrected chi connectivity index (χ2v) is 5.76. The highest BCUT2D eigenvalue weighted by Crippen LogP contribution is 2.19. The number of amidine groups is 1. The van der Waals surface area contributed by atoms with Crippen LogP contribution in [0.25, 0.3) is 0 Å². The van der Waals surface area contributed by atoms with Crippen LogP contribution in [0.15, 0.2) is 40.5 Å². The maximum atomic E-state index is 12.8. The largest absolute Gasteiger partial charge is 0.409 e. The van der Waals surface area contributed by atoms with E-state index >= 15 is 0 Å². The summed E-state index contributed by atoms with van der Waals surface area (Å²) in [5.74, 6) is -0.818. The van der Waals surface area contributed by atoms with Gasteiger partial charge in [-0.1, -0.05) is 5.16 Å². The van der Waals surface area contributed by atoms with Crippen LogP contribution in [-0.2, 0) is 17.1 Å². The number of nitrogens with zero attached hydrogens (tertiary/aromatic N) is 3. The Balaban J connectivity index is 2.42. The van der Waals surface area contributed by atoms with E-state index in [2.05, 4.69) is 15.0 Å². The minimum atomic E-state index is -3.96. The van der Waals surface area contributed by atoms with Gasteiger partial charge in [-0.05, 0) is 24.3 Å². The van der Waals surface area contributed by atoms with E-state index in [0.717, 1.165) is 24.3 Å². The van der Waals surface area contributed by atoms with Gasteiger partial charge in [-0.2, -0.15) is 5.10 Å². The van der Waals surface area contributed by atoms with Crippen molar-refractivity contribution in [3.63, 3.8) is 0 Å². The van der Waals surface area contributed by atoms with Gasteiger partial charge in [0, 0.05) is 7.05 Å². The molecule has 10 heteroatoms. The van der Waals surface area contributed by atoms with Gasteiger partial charge in [0.25, 0.3) is 10.0 Å². The van der Waals surface area contributed by atoms with E-state index in [0.29, 0.717) is 0 Å². The van der Waals surface area contributed by atoms with Crippen LogP contribution in [0.4, 0.5) is 10.2 Å². The van der Waals surface area contributed by atoms with Gasteiger partial charge in [-0.3, -0.25) is 9.40 Å². The average Bonchev–Trinajstić information content (AvgIpc) is 2.79. The minimum Gasteiger partial charge on any atom is -0.409 e. The first-order chi connectivity index (χ1) is 9.85. The van der Waals surface area contributed by atoms with Crippen molar-refractivity contribution in [1.29, 1.82) is 0 Å².